The number of anilines is 1. The zero-order valence-electron chi connectivity index (χ0n) is 23.6. The lowest BCUT2D eigenvalue weighted by atomic mass is 10.0. The number of sulfonamides is 1. The quantitative estimate of drug-likeness (QED) is 0.404. The Morgan fingerprint density at radius 1 is 0.976 bits per heavy atom. The van der Waals surface area contributed by atoms with E-state index in [0.717, 1.165) is 29.8 Å². The summed E-state index contributed by atoms with van der Waals surface area (Å²) in [7, 11) is -2.47. The van der Waals surface area contributed by atoms with Crippen LogP contribution in [0, 0.1) is 5.92 Å². The fraction of sp³-hybridized carbons (Fsp3) is 0.367. The number of imide groups is 1. The summed E-state index contributed by atoms with van der Waals surface area (Å²) in [5.41, 5.74) is 2.46. The molecule has 1 saturated heterocycles. The number of ether oxygens (including phenoxy) is 1. The number of methoxy groups -OCH3 is 1. The molecule has 0 spiro atoms. The molecule has 0 aliphatic carbocycles. The minimum absolute atomic E-state index is 0.136. The van der Waals surface area contributed by atoms with Gasteiger partial charge in [-0.3, -0.25) is 19.8 Å². The van der Waals surface area contributed by atoms with Crippen molar-refractivity contribution in [1.82, 2.24) is 14.5 Å². The maximum Gasteiger partial charge on any atom is 0.413 e. The number of benzene rings is 2. The molecule has 1 aromatic heterocycles. The third-order valence-corrected chi connectivity index (χ3v) is 10.8. The van der Waals surface area contributed by atoms with Gasteiger partial charge in [-0.2, -0.15) is 4.31 Å². The van der Waals surface area contributed by atoms with Crippen molar-refractivity contribution in [2.45, 2.75) is 44.2 Å². The molecule has 3 heterocycles. The average Bonchev–Trinajstić information content (AvgIpc) is 3.35. The van der Waals surface area contributed by atoms with Crippen molar-refractivity contribution in [1.29, 1.82) is 0 Å². The first-order valence-electron chi connectivity index (χ1n) is 13.9. The van der Waals surface area contributed by atoms with E-state index in [9.17, 15) is 22.8 Å². The lowest BCUT2D eigenvalue weighted by molar-refractivity contribution is 0.0936. The van der Waals surface area contributed by atoms with Crippen molar-refractivity contribution in [3.63, 3.8) is 0 Å². The van der Waals surface area contributed by atoms with E-state index in [-0.39, 0.29) is 16.0 Å². The Kier molecular flexibility index (Phi) is 9.07. The molecule has 42 heavy (non-hydrogen) atoms. The van der Waals surface area contributed by atoms with Gasteiger partial charge in [0.1, 0.15) is 5.00 Å². The van der Waals surface area contributed by atoms with Crippen LogP contribution in [0.5, 0.6) is 0 Å². The van der Waals surface area contributed by atoms with Gasteiger partial charge in [0.05, 0.1) is 17.6 Å². The molecule has 1 fully saturated rings. The number of amides is 3. The van der Waals surface area contributed by atoms with E-state index in [2.05, 4.69) is 39.3 Å². The van der Waals surface area contributed by atoms with Crippen LogP contribution < -0.4 is 10.6 Å². The van der Waals surface area contributed by atoms with Gasteiger partial charge in [0.15, 0.2) is 0 Å². The van der Waals surface area contributed by atoms with Gasteiger partial charge in [-0.05, 0) is 60.6 Å². The number of fused-ring (bicyclic) bond motifs is 1. The van der Waals surface area contributed by atoms with E-state index < -0.39 is 27.9 Å². The van der Waals surface area contributed by atoms with Gasteiger partial charge >= 0.3 is 6.09 Å². The SMILES string of the molecule is COC(=O)NC(=O)c1c(NC(=O)c2ccc(S(=O)(=O)N3CCC(C)CC3)cc2)sc2c1CCN(Cc1ccccc1)C2. The Morgan fingerprint density at radius 2 is 1.67 bits per heavy atom. The second-order valence-corrected chi connectivity index (χ2v) is 13.7. The van der Waals surface area contributed by atoms with Gasteiger partial charge in [-0.15, -0.1) is 11.3 Å². The molecule has 222 valence electrons. The summed E-state index contributed by atoms with van der Waals surface area (Å²) in [4.78, 5) is 41.6. The summed E-state index contributed by atoms with van der Waals surface area (Å²) in [6.07, 6.45) is 1.32. The molecule has 0 saturated carbocycles. The van der Waals surface area contributed by atoms with E-state index in [1.54, 1.807) is 0 Å². The van der Waals surface area contributed by atoms with Crippen LogP contribution in [0.2, 0.25) is 0 Å². The summed E-state index contributed by atoms with van der Waals surface area (Å²) in [5.74, 6) is -0.641. The third kappa shape index (κ3) is 6.57. The molecule has 0 atom stereocenters. The van der Waals surface area contributed by atoms with Crippen LogP contribution in [0.15, 0.2) is 59.5 Å². The average molecular weight is 611 g/mol. The second-order valence-electron chi connectivity index (χ2n) is 10.7. The zero-order valence-corrected chi connectivity index (χ0v) is 25.2. The molecule has 10 nitrogen and oxygen atoms in total. The van der Waals surface area contributed by atoms with Crippen LogP contribution in [0.25, 0.3) is 0 Å². The van der Waals surface area contributed by atoms with E-state index in [1.165, 1.54) is 52.6 Å². The highest BCUT2D eigenvalue weighted by molar-refractivity contribution is 7.89. The highest BCUT2D eigenvalue weighted by Crippen LogP contribution is 2.38. The number of nitrogens with one attached hydrogen (secondary N) is 2. The molecular formula is C30H34N4O6S2. The molecule has 3 aromatic rings. The lowest BCUT2D eigenvalue weighted by Crippen LogP contribution is -2.37. The van der Waals surface area contributed by atoms with Crippen LogP contribution in [0.3, 0.4) is 0 Å². The van der Waals surface area contributed by atoms with Crippen LogP contribution in [0.4, 0.5) is 9.80 Å². The highest BCUT2D eigenvalue weighted by Gasteiger charge is 2.31. The standard InChI is InChI=1S/C30H34N4O6S2/c1-20-12-16-34(17-13-20)42(38,39)23-10-8-22(9-11-23)27(35)31-29-26(28(36)32-30(37)40-2)24-14-15-33(19-25(24)41-29)18-21-6-4-3-5-7-21/h3-11,20H,12-19H2,1-2H3,(H,31,35)(H,32,36,37). The summed E-state index contributed by atoms with van der Waals surface area (Å²) in [5, 5.41) is 5.38. The topological polar surface area (TPSA) is 125 Å². The van der Waals surface area contributed by atoms with Crippen LogP contribution in [-0.4, -0.2) is 62.3 Å². The monoisotopic (exact) mass is 610 g/mol. The molecule has 2 aromatic carbocycles. The number of rotatable bonds is 7. The van der Waals surface area contributed by atoms with Crippen molar-refractivity contribution in [2.75, 3.05) is 32.1 Å². The van der Waals surface area contributed by atoms with Crippen LogP contribution in [-0.2, 0) is 34.3 Å². The van der Waals surface area contributed by atoms with E-state index in [0.29, 0.717) is 43.5 Å². The maximum absolute atomic E-state index is 13.3. The summed E-state index contributed by atoms with van der Waals surface area (Å²) in [6, 6.07) is 15.9. The number of hydrogen-bond acceptors (Lipinski definition) is 8. The van der Waals surface area contributed by atoms with Gasteiger partial charge in [-0.25, -0.2) is 13.2 Å². The Labute approximate surface area is 249 Å². The first kappa shape index (κ1) is 29.9. The Morgan fingerprint density at radius 3 is 2.33 bits per heavy atom. The van der Waals surface area contributed by atoms with Gasteiger partial charge in [-0.1, -0.05) is 37.3 Å². The van der Waals surface area contributed by atoms with E-state index in [1.807, 2.05) is 18.2 Å². The van der Waals surface area contributed by atoms with Gasteiger partial charge in [0.2, 0.25) is 10.0 Å². The Bertz CT molecular complexity index is 1560. The number of hydrogen-bond donors (Lipinski definition) is 2. The summed E-state index contributed by atoms with van der Waals surface area (Å²) < 4.78 is 32.3. The minimum Gasteiger partial charge on any atom is -0.453 e. The molecule has 0 unspecified atom stereocenters. The van der Waals surface area contributed by atoms with Gasteiger partial charge < -0.3 is 10.1 Å². The fourth-order valence-electron chi connectivity index (χ4n) is 5.30. The Balaban J connectivity index is 1.35. The molecule has 12 heteroatoms. The smallest absolute Gasteiger partial charge is 0.413 e. The molecule has 3 amide bonds. The van der Waals surface area contributed by atoms with E-state index >= 15 is 0 Å². The highest BCUT2D eigenvalue weighted by atomic mass is 32.2. The van der Waals surface area contributed by atoms with E-state index in [4.69, 9.17) is 0 Å². The number of carbonyl (C=O) groups is 3. The predicted molar refractivity (Wildman–Crippen MR) is 160 cm³/mol. The predicted octanol–water partition coefficient (Wildman–Crippen LogP) is 4.48. The minimum atomic E-state index is -3.65. The number of nitrogens with zero attached hydrogens (tertiary/aromatic N) is 2. The zero-order chi connectivity index (χ0) is 29.9. The van der Waals surface area contributed by atoms with Crippen molar-refractivity contribution in [3.8, 4) is 0 Å². The molecule has 2 aliphatic rings. The van der Waals surface area contributed by atoms with Gasteiger partial charge in [0.25, 0.3) is 11.8 Å². The second kappa shape index (κ2) is 12.7. The Hall–Kier alpha value is -3.58. The van der Waals surface area contributed by atoms with Crippen molar-refractivity contribution >= 4 is 44.3 Å². The number of carbonyl (C=O) groups excluding carboxylic acids is 3. The largest absolute Gasteiger partial charge is 0.453 e. The van der Waals surface area contributed by atoms with Crippen molar-refractivity contribution in [3.05, 3.63) is 81.7 Å². The van der Waals surface area contributed by atoms with Crippen molar-refractivity contribution < 1.29 is 27.5 Å². The third-order valence-electron chi connectivity index (χ3n) is 7.74. The first-order valence-corrected chi connectivity index (χ1v) is 16.1. The molecular weight excluding hydrogens is 576 g/mol. The fourth-order valence-corrected chi connectivity index (χ4v) is 8.05. The lowest BCUT2D eigenvalue weighted by Gasteiger charge is -2.29. The maximum atomic E-state index is 13.3. The number of alkyl carbamates (subject to hydrolysis) is 1. The molecule has 0 radical (unpaired) electrons. The number of piperidine rings is 1. The summed E-state index contributed by atoms with van der Waals surface area (Å²) >= 11 is 1.30. The van der Waals surface area contributed by atoms with Gasteiger partial charge in [0, 0.05) is 43.2 Å². The van der Waals surface area contributed by atoms with Crippen molar-refractivity contribution in [2.24, 2.45) is 5.92 Å². The van der Waals surface area contributed by atoms with Crippen LogP contribution >= 0.6 is 11.3 Å². The molecule has 0 bridgehead atoms. The first-order chi connectivity index (χ1) is 20.2. The molecule has 2 aliphatic heterocycles. The van der Waals surface area contributed by atoms with Crippen LogP contribution in [0.1, 0.15) is 56.5 Å². The summed E-state index contributed by atoms with van der Waals surface area (Å²) in [6.45, 7) is 5.12. The number of thiophene rings is 1. The normalized spacial score (nSPS) is 16.4. The molecule has 2 N–H and O–H groups in total. The molecule has 5 rings (SSSR count).